The van der Waals surface area contributed by atoms with Gasteiger partial charge in [-0.15, -0.1) is 0 Å². The number of hydrogen-bond acceptors (Lipinski definition) is 9. The third-order valence-electron chi connectivity index (χ3n) is 5.89. The van der Waals surface area contributed by atoms with Crippen molar-refractivity contribution in [2.24, 2.45) is 0 Å². The third kappa shape index (κ3) is 4.85. The molecule has 9 heteroatoms. The highest BCUT2D eigenvalue weighted by atomic mass is 32.1. The van der Waals surface area contributed by atoms with E-state index in [2.05, 4.69) is 58.7 Å². The van der Waals surface area contributed by atoms with Gasteiger partial charge in [0.2, 0.25) is 5.95 Å². The van der Waals surface area contributed by atoms with Gasteiger partial charge in [-0.25, -0.2) is 9.97 Å². The maximum Gasteiger partial charge on any atom is 0.229 e. The smallest absolute Gasteiger partial charge is 0.229 e. The van der Waals surface area contributed by atoms with E-state index < -0.39 is 0 Å². The molecule has 1 aliphatic rings. The zero-order chi connectivity index (χ0) is 22.8. The fourth-order valence-electron chi connectivity index (χ4n) is 3.97. The van der Waals surface area contributed by atoms with Crippen LogP contribution in [0, 0.1) is 6.92 Å². The van der Waals surface area contributed by atoms with Crippen LogP contribution in [0.1, 0.15) is 12.0 Å². The summed E-state index contributed by atoms with van der Waals surface area (Å²) in [7, 11) is 2.16. The number of rotatable bonds is 7. The standard InChI is InChI=1S/C24H29N7OS/c1-16-4-6-19-18(14-16)22(25-8-3-13-32)29-23(27-19)26-17-5-7-20-21(15-17)33-24(28-20)31-11-9-30(2)10-12-31/h4-7,14-15,32H,3,8-13H2,1-2H3,(H2,25,26,27,29). The molecule has 0 spiro atoms. The zero-order valence-corrected chi connectivity index (χ0v) is 19.8. The van der Waals surface area contributed by atoms with Crippen molar-refractivity contribution in [3.05, 3.63) is 42.0 Å². The molecule has 172 valence electrons. The number of benzene rings is 2. The first-order valence-electron chi connectivity index (χ1n) is 11.3. The quantitative estimate of drug-likeness (QED) is 0.356. The molecule has 0 amide bonds. The van der Waals surface area contributed by atoms with Crippen LogP contribution in [-0.2, 0) is 0 Å². The first kappa shape index (κ1) is 21.8. The van der Waals surface area contributed by atoms with Crippen molar-refractivity contribution < 1.29 is 5.11 Å². The summed E-state index contributed by atoms with van der Waals surface area (Å²) in [5.74, 6) is 1.32. The number of thiazole rings is 1. The number of aromatic nitrogens is 3. The highest BCUT2D eigenvalue weighted by Crippen LogP contribution is 2.32. The van der Waals surface area contributed by atoms with Crippen molar-refractivity contribution in [3.63, 3.8) is 0 Å². The Morgan fingerprint density at radius 1 is 1.00 bits per heavy atom. The van der Waals surface area contributed by atoms with E-state index in [0.717, 1.165) is 69.5 Å². The molecule has 0 bridgehead atoms. The molecule has 2 aromatic carbocycles. The summed E-state index contributed by atoms with van der Waals surface area (Å²) in [6, 6.07) is 12.4. The van der Waals surface area contributed by atoms with Gasteiger partial charge in [0.15, 0.2) is 5.13 Å². The second-order valence-electron chi connectivity index (χ2n) is 8.51. The van der Waals surface area contributed by atoms with Crippen LogP contribution in [0.3, 0.4) is 0 Å². The van der Waals surface area contributed by atoms with E-state index in [9.17, 15) is 0 Å². The van der Waals surface area contributed by atoms with Gasteiger partial charge in [-0.2, -0.15) is 4.98 Å². The summed E-state index contributed by atoms with van der Waals surface area (Å²) < 4.78 is 1.15. The van der Waals surface area contributed by atoms with Gasteiger partial charge >= 0.3 is 0 Å². The van der Waals surface area contributed by atoms with Crippen LogP contribution in [0.15, 0.2) is 36.4 Å². The summed E-state index contributed by atoms with van der Waals surface area (Å²) >= 11 is 1.73. The topological polar surface area (TPSA) is 89.4 Å². The number of piperazine rings is 1. The minimum Gasteiger partial charge on any atom is -0.396 e. The average molecular weight is 464 g/mol. The predicted molar refractivity (Wildman–Crippen MR) is 137 cm³/mol. The van der Waals surface area contributed by atoms with Gasteiger partial charge in [-0.3, -0.25) is 0 Å². The van der Waals surface area contributed by atoms with E-state index in [0.29, 0.717) is 18.9 Å². The van der Waals surface area contributed by atoms with E-state index in [-0.39, 0.29) is 6.61 Å². The van der Waals surface area contributed by atoms with E-state index in [1.54, 1.807) is 11.3 Å². The van der Waals surface area contributed by atoms with Crippen molar-refractivity contribution >= 4 is 55.0 Å². The first-order valence-corrected chi connectivity index (χ1v) is 12.1. The first-order chi connectivity index (χ1) is 16.1. The lowest BCUT2D eigenvalue weighted by Gasteiger charge is -2.31. The number of fused-ring (bicyclic) bond motifs is 2. The molecule has 0 aliphatic carbocycles. The Kier molecular flexibility index (Phi) is 6.26. The molecule has 3 N–H and O–H groups in total. The Balaban J connectivity index is 1.41. The number of hydrogen-bond donors (Lipinski definition) is 3. The maximum absolute atomic E-state index is 9.14. The Morgan fingerprint density at radius 2 is 1.82 bits per heavy atom. The lowest BCUT2D eigenvalue weighted by atomic mass is 10.1. The highest BCUT2D eigenvalue weighted by Gasteiger charge is 2.18. The molecule has 5 rings (SSSR count). The van der Waals surface area contributed by atoms with Crippen molar-refractivity contribution in [2.75, 3.05) is 61.9 Å². The molecule has 0 unspecified atom stereocenters. The molecule has 0 radical (unpaired) electrons. The molecule has 8 nitrogen and oxygen atoms in total. The van der Waals surface area contributed by atoms with Crippen LogP contribution < -0.4 is 15.5 Å². The van der Waals surface area contributed by atoms with Crippen LogP contribution in [0.5, 0.6) is 0 Å². The molecule has 4 aromatic rings. The predicted octanol–water partition coefficient (Wildman–Crippen LogP) is 3.84. The normalized spacial score (nSPS) is 14.8. The van der Waals surface area contributed by atoms with Gasteiger partial charge < -0.3 is 25.5 Å². The third-order valence-corrected chi connectivity index (χ3v) is 6.96. The Morgan fingerprint density at radius 3 is 2.64 bits per heavy atom. The van der Waals surface area contributed by atoms with Crippen molar-refractivity contribution in [2.45, 2.75) is 13.3 Å². The molecule has 1 fully saturated rings. The van der Waals surface area contributed by atoms with Crippen LogP contribution in [0.2, 0.25) is 0 Å². The minimum absolute atomic E-state index is 0.144. The number of nitrogens with zero attached hydrogens (tertiary/aromatic N) is 5. The van der Waals surface area contributed by atoms with Crippen molar-refractivity contribution in [1.82, 2.24) is 19.9 Å². The molecule has 0 saturated carbocycles. The lowest BCUT2D eigenvalue weighted by molar-refractivity contribution is 0.292. The molecule has 33 heavy (non-hydrogen) atoms. The van der Waals surface area contributed by atoms with Gasteiger partial charge in [0.1, 0.15) is 5.82 Å². The minimum atomic E-state index is 0.144. The molecule has 3 heterocycles. The molecular formula is C24H29N7OS. The molecular weight excluding hydrogens is 434 g/mol. The zero-order valence-electron chi connectivity index (χ0n) is 19.0. The van der Waals surface area contributed by atoms with E-state index in [4.69, 9.17) is 20.1 Å². The summed E-state index contributed by atoms with van der Waals surface area (Å²) in [6.45, 7) is 7.01. The number of aryl methyl sites for hydroxylation is 1. The van der Waals surface area contributed by atoms with Crippen LogP contribution >= 0.6 is 11.3 Å². The molecule has 1 aliphatic heterocycles. The van der Waals surface area contributed by atoms with Gasteiger partial charge in [-0.05, 0) is 50.7 Å². The van der Waals surface area contributed by atoms with Gasteiger partial charge in [0.05, 0.1) is 15.7 Å². The Hall–Kier alpha value is -3.01. The summed E-state index contributed by atoms with van der Waals surface area (Å²) in [5, 5.41) is 17.9. The van der Waals surface area contributed by atoms with Crippen LogP contribution in [0.4, 0.5) is 22.6 Å². The van der Waals surface area contributed by atoms with Crippen LogP contribution in [-0.4, -0.2) is 71.3 Å². The number of nitrogens with one attached hydrogen (secondary N) is 2. The molecule has 2 aromatic heterocycles. The number of aliphatic hydroxyl groups excluding tert-OH is 1. The van der Waals surface area contributed by atoms with Gasteiger partial charge in [0, 0.05) is 50.4 Å². The SMILES string of the molecule is Cc1ccc2nc(Nc3ccc4nc(N5CCN(C)CC5)sc4c3)nc(NCCCO)c2c1. The summed E-state index contributed by atoms with van der Waals surface area (Å²) in [4.78, 5) is 19.0. The second kappa shape index (κ2) is 9.46. The summed E-state index contributed by atoms with van der Waals surface area (Å²) in [5.41, 5.74) is 3.98. The number of likely N-dealkylation sites (N-methyl/N-ethyl adjacent to an activating group) is 1. The molecule has 0 atom stereocenters. The number of aliphatic hydroxyl groups is 1. The average Bonchev–Trinajstić information content (AvgIpc) is 3.23. The fourth-order valence-corrected chi connectivity index (χ4v) is 5.03. The lowest BCUT2D eigenvalue weighted by Crippen LogP contribution is -2.44. The second-order valence-corrected chi connectivity index (χ2v) is 9.52. The Bertz CT molecular complexity index is 1270. The van der Waals surface area contributed by atoms with Crippen molar-refractivity contribution in [3.8, 4) is 0 Å². The van der Waals surface area contributed by atoms with Gasteiger partial charge in [0.25, 0.3) is 0 Å². The van der Waals surface area contributed by atoms with Gasteiger partial charge in [-0.1, -0.05) is 23.0 Å². The largest absolute Gasteiger partial charge is 0.396 e. The summed E-state index contributed by atoms with van der Waals surface area (Å²) in [6.07, 6.45) is 0.664. The Labute approximate surface area is 197 Å². The molecule has 1 saturated heterocycles. The number of anilines is 4. The maximum atomic E-state index is 9.14. The van der Waals surface area contributed by atoms with Crippen LogP contribution in [0.25, 0.3) is 21.1 Å². The van der Waals surface area contributed by atoms with E-state index >= 15 is 0 Å². The highest BCUT2D eigenvalue weighted by molar-refractivity contribution is 7.22. The van der Waals surface area contributed by atoms with E-state index in [1.165, 1.54) is 0 Å². The fraction of sp³-hybridized carbons (Fsp3) is 0.375. The van der Waals surface area contributed by atoms with Crippen molar-refractivity contribution in [1.29, 1.82) is 0 Å². The monoisotopic (exact) mass is 463 g/mol. The van der Waals surface area contributed by atoms with E-state index in [1.807, 2.05) is 12.1 Å².